The summed E-state index contributed by atoms with van der Waals surface area (Å²) >= 11 is 1.21. The standard InChI is InChI=1S/C23H25FN4O3S2/c1-3-23(4-2,20-14-32-22(26-20)28-33(30,31)19-9-10-19)27-21(29)16-7-5-15(6-8-16)17-11-18(24)13-25-12-17/h5-8,11-14,19H,3-4,9-10H2,1-2H3,(H,26,28)(H,27,29). The monoisotopic (exact) mass is 488 g/mol. The third kappa shape index (κ3) is 5.06. The van der Waals surface area contributed by atoms with Crippen molar-refractivity contribution in [1.29, 1.82) is 0 Å². The van der Waals surface area contributed by atoms with Crippen LogP contribution in [0.25, 0.3) is 11.1 Å². The minimum absolute atomic E-state index is 0.268. The first-order chi connectivity index (χ1) is 15.8. The Balaban J connectivity index is 1.52. The SMILES string of the molecule is CCC(CC)(NC(=O)c1ccc(-c2cncc(F)c2)cc1)c1csc(NS(=O)(=O)C2CC2)n1. The van der Waals surface area contributed by atoms with Crippen molar-refractivity contribution in [2.24, 2.45) is 0 Å². The number of carbonyl (C=O) groups excluding carboxylic acids is 1. The number of halogens is 1. The van der Waals surface area contributed by atoms with Crippen molar-refractivity contribution in [3.05, 3.63) is 65.2 Å². The van der Waals surface area contributed by atoms with Gasteiger partial charge in [-0.2, -0.15) is 0 Å². The molecule has 7 nitrogen and oxygen atoms in total. The first kappa shape index (κ1) is 23.3. The number of hydrogen-bond donors (Lipinski definition) is 2. The van der Waals surface area contributed by atoms with Gasteiger partial charge in [0.2, 0.25) is 10.0 Å². The number of rotatable bonds is 9. The third-order valence-corrected chi connectivity index (χ3v) is 8.65. The number of nitrogens with one attached hydrogen (secondary N) is 2. The van der Waals surface area contributed by atoms with Gasteiger partial charge in [-0.25, -0.2) is 17.8 Å². The minimum atomic E-state index is -3.40. The van der Waals surface area contributed by atoms with Crippen LogP contribution in [0.4, 0.5) is 9.52 Å². The molecule has 0 radical (unpaired) electrons. The van der Waals surface area contributed by atoms with Crippen LogP contribution in [-0.4, -0.2) is 29.5 Å². The van der Waals surface area contributed by atoms with Gasteiger partial charge in [0, 0.05) is 22.7 Å². The Kier molecular flexibility index (Phi) is 6.49. The van der Waals surface area contributed by atoms with Gasteiger partial charge in [0.05, 0.1) is 22.7 Å². The minimum Gasteiger partial charge on any atom is -0.341 e. The summed E-state index contributed by atoms with van der Waals surface area (Å²) in [5, 5.41) is 4.86. The molecule has 1 fully saturated rings. The van der Waals surface area contributed by atoms with Gasteiger partial charge in [-0.15, -0.1) is 11.3 Å². The van der Waals surface area contributed by atoms with E-state index >= 15 is 0 Å². The van der Waals surface area contributed by atoms with Crippen molar-refractivity contribution in [1.82, 2.24) is 15.3 Å². The predicted molar refractivity (Wildman–Crippen MR) is 127 cm³/mol. The molecule has 1 aliphatic rings. The molecule has 1 saturated carbocycles. The zero-order valence-corrected chi connectivity index (χ0v) is 20.0. The van der Waals surface area contributed by atoms with Crippen molar-refractivity contribution in [3.8, 4) is 11.1 Å². The van der Waals surface area contributed by atoms with E-state index in [-0.39, 0.29) is 11.2 Å². The van der Waals surface area contributed by atoms with Crippen LogP contribution in [0.3, 0.4) is 0 Å². The van der Waals surface area contributed by atoms with E-state index < -0.39 is 21.4 Å². The number of nitrogens with zero attached hydrogens (tertiary/aromatic N) is 2. The summed E-state index contributed by atoms with van der Waals surface area (Å²) in [5.41, 5.74) is 1.73. The largest absolute Gasteiger partial charge is 0.341 e. The maximum absolute atomic E-state index is 13.5. The molecule has 0 spiro atoms. The number of hydrogen-bond acceptors (Lipinski definition) is 6. The molecule has 0 atom stereocenters. The van der Waals surface area contributed by atoms with Gasteiger partial charge in [-0.05, 0) is 49.4 Å². The second-order valence-corrected chi connectivity index (χ2v) is 10.9. The summed E-state index contributed by atoms with van der Waals surface area (Å²) in [4.78, 5) is 21.4. The number of aromatic nitrogens is 2. The Morgan fingerprint density at radius 1 is 1.15 bits per heavy atom. The molecule has 0 aliphatic heterocycles. The van der Waals surface area contributed by atoms with Gasteiger partial charge in [0.15, 0.2) is 5.13 Å². The summed E-state index contributed by atoms with van der Waals surface area (Å²) in [6, 6.07) is 8.25. The Morgan fingerprint density at radius 2 is 1.85 bits per heavy atom. The zero-order valence-electron chi connectivity index (χ0n) is 18.3. The van der Waals surface area contributed by atoms with Crippen LogP contribution in [0.1, 0.15) is 55.6 Å². The van der Waals surface area contributed by atoms with E-state index in [1.807, 2.05) is 13.8 Å². The molecule has 174 valence electrons. The quantitative estimate of drug-likeness (QED) is 0.455. The molecule has 2 aromatic heterocycles. The van der Waals surface area contributed by atoms with Crippen LogP contribution in [0.5, 0.6) is 0 Å². The molecule has 0 saturated heterocycles. The topological polar surface area (TPSA) is 101 Å². The van der Waals surface area contributed by atoms with Crippen molar-refractivity contribution in [2.45, 2.75) is 50.3 Å². The van der Waals surface area contributed by atoms with Gasteiger partial charge in [-0.3, -0.25) is 14.5 Å². The first-order valence-corrected chi connectivity index (χ1v) is 13.2. The van der Waals surface area contributed by atoms with Crippen LogP contribution >= 0.6 is 11.3 Å². The lowest BCUT2D eigenvalue weighted by Gasteiger charge is -2.31. The number of carbonyl (C=O) groups is 1. The summed E-state index contributed by atoms with van der Waals surface area (Å²) < 4.78 is 40.5. The maximum atomic E-state index is 13.5. The molecule has 10 heteroatoms. The lowest BCUT2D eigenvalue weighted by molar-refractivity contribution is 0.0887. The van der Waals surface area contributed by atoms with Crippen molar-refractivity contribution < 1.29 is 17.6 Å². The van der Waals surface area contributed by atoms with Crippen molar-refractivity contribution in [3.63, 3.8) is 0 Å². The van der Waals surface area contributed by atoms with Gasteiger partial charge in [0.25, 0.3) is 5.91 Å². The van der Waals surface area contributed by atoms with E-state index in [0.717, 1.165) is 11.8 Å². The summed E-state index contributed by atoms with van der Waals surface area (Å²) in [5.74, 6) is -0.692. The molecule has 2 N–H and O–H groups in total. The number of benzene rings is 1. The van der Waals surface area contributed by atoms with Gasteiger partial charge < -0.3 is 5.32 Å². The number of pyridine rings is 1. The Bertz CT molecular complexity index is 1250. The van der Waals surface area contributed by atoms with E-state index in [1.54, 1.807) is 35.8 Å². The fourth-order valence-corrected chi connectivity index (χ4v) is 6.06. The second-order valence-electron chi connectivity index (χ2n) is 8.10. The first-order valence-electron chi connectivity index (χ1n) is 10.8. The number of thiazole rings is 1. The summed E-state index contributed by atoms with van der Waals surface area (Å²) in [7, 11) is -3.40. The summed E-state index contributed by atoms with van der Waals surface area (Å²) in [6.07, 6.45) is 5.22. The normalized spacial score (nSPS) is 14.2. The molecule has 0 unspecified atom stereocenters. The van der Waals surface area contributed by atoms with E-state index in [0.29, 0.717) is 47.6 Å². The summed E-state index contributed by atoms with van der Waals surface area (Å²) in [6.45, 7) is 3.91. The molecular weight excluding hydrogens is 463 g/mol. The lowest BCUT2D eigenvalue weighted by Crippen LogP contribution is -2.45. The molecule has 0 bridgehead atoms. The van der Waals surface area contributed by atoms with Crippen molar-refractivity contribution >= 4 is 32.4 Å². The fraction of sp³-hybridized carbons (Fsp3) is 0.348. The highest BCUT2D eigenvalue weighted by molar-refractivity contribution is 7.93. The molecule has 33 heavy (non-hydrogen) atoms. The van der Waals surface area contributed by atoms with E-state index in [2.05, 4.69) is 20.0 Å². The lowest BCUT2D eigenvalue weighted by atomic mass is 9.89. The van der Waals surface area contributed by atoms with Gasteiger partial charge >= 0.3 is 0 Å². The van der Waals surface area contributed by atoms with Gasteiger partial charge in [0.1, 0.15) is 5.82 Å². The van der Waals surface area contributed by atoms with Gasteiger partial charge in [-0.1, -0.05) is 26.0 Å². The average Bonchev–Trinajstić information content (AvgIpc) is 3.58. The van der Waals surface area contributed by atoms with E-state index in [9.17, 15) is 17.6 Å². The molecular formula is C23H25FN4O3S2. The third-order valence-electron chi connectivity index (χ3n) is 5.93. The molecule has 3 aromatic rings. The van der Waals surface area contributed by atoms with Crippen LogP contribution in [0.2, 0.25) is 0 Å². The number of anilines is 1. The second kappa shape index (κ2) is 9.18. The number of amides is 1. The highest BCUT2D eigenvalue weighted by Crippen LogP contribution is 2.34. The van der Waals surface area contributed by atoms with Crippen LogP contribution in [-0.2, 0) is 15.6 Å². The van der Waals surface area contributed by atoms with Crippen LogP contribution in [0.15, 0.2) is 48.1 Å². The van der Waals surface area contributed by atoms with E-state index in [4.69, 9.17) is 0 Å². The fourth-order valence-electron chi connectivity index (χ4n) is 3.65. The Morgan fingerprint density at radius 3 is 2.45 bits per heavy atom. The predicted octanol–water partition coefficient (Wildman–Crippen LogP) is 4.69. The molecule has 4 rings (SSSR count). The Labute approximate surface area is 196 Å². The maximum Gasteiger partial charge on any atom is 0.252 e. The number of sulfonamides is 1. The average molecular weight is 489 g/mol. The Hall–Kier alpha value is -2.85. The van der Waals surface area contributed by atoms with Crippen LogP contribution in [0, 0.1) is 5.82 Å². The molecule has 1 amide bonds. The van der Waals surface area contributed by atoms with Crippen LogP contribution < -0.4 is 10.0 Å². The molecule has 1 aliphatic carbocycles. The molecule has 1 aromatic carbocycles. The highest BCUT2D eigenvalue weighted by atomic mass is 32.2. The van der Waals surface area contributed by atoms with E-state index in [1.165, 1.54) is 17.4 Å². The molecule has 2 heterocycles. The zero-order chi connectivity index (χ0) is 23.6. The van der Waals surface area contributed by atoms with Crippen molar-refractivity contribution in [2.75, 3.05) is 4.72 Å². The highest BCUT2D eigenvalue weighted by Gasteiger charge is 2.37. The smallest absolute Gasteiger partial charge is 0.252 e.